The Kier molecular flexibility index (Phi) is 5.27. The quantitative estimate of drug-likeness (QED) is 0.789. The summed E-state index contributed by atoms with van der Waals surface area (Å²) in [5.74, 6) is -0.154. The number of hydrogen-bond acceptors (Lipinski definition) is 3. The average Bonchev–Trinajstić information content (AvgIpc) is 2.31. The van der Waals surface area contributed by atoms with Gasteiger partial charge in [-0.25, -0.2) is 0 Å². The molecule has 4 N–H and O–H groups in total. The maximum absolute atomic E-state index is 11.9. The first-order chi connectivity index (χ1) is 9.24. The molecular weight excluding hydrogens is 254 g/mol. The number of amides is 2. The van der Waals surface area contributed by atoms with Gasteiger partial charge in [-0.3, -0.25) is 9.59 Å². The van der Waals surface area contributed by atoms with Crippen LogP contribution in [0, 0.1) is 12.3 Å². The van der Waals surface area contributed by atoms with Gasteiger partial charge in [0.25, 0.3) is 0 Å². The highest BCUT2D eigenvalue weighted by molar-refractivity contribution is 5.96. The second kappa shape index (κ2) is 6.52. The van der Waals surface area contributed by atoms with E-state index in [1.165, 1.54) is 0 Å². The van der Waals surface area contributed by atoms with Crippen molar-refractivity contribution < 1.29 is 9.59 Å². The van der Waals surface area contributed by atoms with Crippen molar-refractivity contribution in [3.63, 3.8) is 0 Å². The van der Waals surface area contributed by atoms with Crippen molar-refractivity contribution in [1.29, 1.82) is 0 Å². The van der Waals surface area contributed by atoms with Gasteiger partial charge in [0, 0.05) is 29.8 Å². The molecule has 0 bridgehead atoms. The van der Waals surface area contributed by atoms with Crippen LogP contribution in [0.1, 0.15) is 32.8 Å². The highest BCUT2D eigenvalue weighted by atomic mass is 16.2. The largest absolute Gasteiger partial charge is 0.330 e. The third kappa shape index (κ3) is 4.66. The van der Waals surface area contributed by atoms with Crippen molar-refractivity contribution in [3.8, 4) is 0 Å². The first-order valence-corrected chi connectivity index (χ1v) is 6.66. The fourth-order valence-corrected chi connectivity index (χ4v) is 1.55. The van der Waals surface area contributed by atoms with Gasteiger partial charge in [-0.1, -0.05) is 20.8 Å². The summed E-state index contributed by atoms with van der Waals surface area (Å²) < 4.78 is 0. The van der Waals surface area contributed by atoms with E-state index < -0.39 is 5.41 Å². The van der Waals surface area contributed by atoms with E-state index in [1.807, 2.05) is 33.8 Å². The lowest BCUT2D eigenvalue weighted by Gasteiger charge is -2.19. The van der Waals surface area contributed by atoms with E-state index in [1.54, 1.807) is 12.1 Å². The van der Waals surface area contributed by atoms with Crippen molar-refractivity contribution >= 4 is 23.2 Å². The van der Waals surface area contributed by atoms with Gasteiger partial charge >= 0.3 is 0 Å². The van der Waals surface area contributed by atoms with E-state index in [2.05, 4.69) is 10.6 Å². The van der Waals surface area contributed by atoms with Crippen LogP contribution < -0.4 is 16.4 Å². The number of hydrogen-bond donors (Lipinski definition) is 3. The molecule has 2 amide bonds. The fraction of sp³-hybridized carbons (Fsp3) is 0.467. The van der Waals surface area contributed by atoms with Gasteiger partial charge < -0.3 is 16.4 Å². The molecule has 20 heavy (non-hydrogen) atoms. The molecule has 0 aliphatic heterocycles. The topological polar surface area (TPSA) is 84.2 Å². The van der Waals surface area contributed by atoms with E-state index in [4.69, 9.17) is 5.73 Å². The van der Waals surface area contributed by atoms with Gasteiger partial charge in [0.05, 0.1) is 0 Å². The normalized spacial score (nSPS) is 11.1. The molecule has 0 saturated heterocycles. The molecule has 1 aromatic rings. The van der Waals surface area contributed by atoms with Gasteiger partial charge in [-0.15, -0.1) is 0 Å². The van der Waals surface area contributed by atoms with Crippen LogP contribution in [0.15, 0.2) is 18.2 Å². The molecule has 110 valence electrons. The van der Waals surface area contributed by atoms with Crippen LogP contribution in [0.3, 0.4) is 0 Å². The number of nitrogens with one attached hydrogen (secondary N) is 2. The molecule has 0 aromatic heterocycles. The van der Waals surface area contributed by atoms with E-state index in [9.17, 15) is 9.59 Å². The minimum absolute atomic E-state index is 0.0412. The van der Waals surface area contributed by atoms with Gasteiger partial charge in [-0.2, -0.15) is 0 Å². The zero-order chi connectivity index (χ0) is 15.3. The smallest absolute Gasteiger partial charge is 0.229 e. The number of aryl methyl sites for hydroxylation is 1. The number of carbonyl (C=O) groups excluding carboxylic acids is 2. The van der Waals surface area contributed by atoms with Crippen molar-refractivity contribution in [2.75, 3.05) is 17.2 Å². The third-order valence-corrected chi connectivity index (χ3v) is 2.81. The minimum atomic E-state index is -0.444. The number of nitrogens with two attached hydrogens (primary N) is 1. The summed E-state index contributed by atoms with van der Waals surface area (Å²) in [6.07, 6.45) is 0.293. The molecule has 5 nitrogen and oxygen atoms in total. The van der Waals surface area contributed by atoms with Gasteiger partial charge in [0.2, 0.25) is 11.8 Å². The van der Waals surface area contributed by atoms with Gasteiger partial charge in [0.1, 0.15) is 0 Å². The lowest BCUT2D eigenvalue weighted by atomic mass is 9.95. The monoisotopic (exact) mass is 277 g/mol. The summed E-state index contributed by atoms with van der Waals surface area (Å²) in [6, 6.07) is 5.38. The molecule has 5 heteroatoms. The number of carbonyl (C=O) groups is 2. The number of anilines is 2. The molecule has 0 aliphatic rings. The molecule has 0 spiro atoms. The highest BCUT2D eigenvalue weighted by Crippen LogP contribution is 2.23. The molecule has 0 fully saturated rings. The Morgan fingerprint density at radius 2 is 1.85 bits per heavy atom. The molecule has 0 atom stereocenters. The molecule has 0 saturated carbocycles. The maximum atomic E-state index is 11.9. The first-order valence-electron chi connectivity index (χ1n) is 6.66. The second-order valence-electron chi connectivity index (χ2n) is 5.82. The van der Waals surface area contributed by atoms with Gasteiger partial charge in [-0.05, 0) is 30.7 Å². The Labute approximate surface area is 119 Å². The standard InChI is InChI=1S/C15H23N3O2/c1-10-9-11(17-13(19)7-8-16)5-6-12(10)18-14(20)15(2,3)4/h5-6,9H,7-8,16H2,1-4H3,(H,17,19)(H,18,20). The lowest BCUT2D eigenvalue weighted by Crippen LogP contribution is -2.27. The fourth-order valence-electron chi connectivity index (χ4n) is 1.55. The van der Waals surface area contributed by atoms with Crippen molar-refractivity contribution in [2.24, 2.45) is 11.1 Å². The van der Waals surface area contributed by atoms with Crippen LogP contribution in [-0.2, 0) is 9.59 Å². The summed E-state index contributed by atoms with van der Waals surface area (Å²) in [5, 5.41) is 5.65. The van der Waals surface area contributed by atoms with Crippen LogP contribution in [0.25, 0.3) is 0 Å². The summed E-state index contributed by atoms with van der Waals surface area (Å²) in [5.41, 5.74) is 7.23. The average molecular weight is 277 g/mol. The van der Waals surface area contributed by atoms with Crippen molar-refractivity contribution in [1.82, 2.24) is 0 Å². The maximum Gasteiger partial charge on any atom is 0.229 e. The molecule has 0 radical (unpaired) electrons. The first kappa shape index (κ1) is 16.2. The van der Waals surface area contributed by atoms with E-state index in [0.29, 0.717) is 18.7 Å². The minimum Gasteiger partial charge on any atom is -0.330 e. The van der Waals surface area contributed by atoms with Crippen molar-refractivity contribution in [3.05, 3.63) is 23.8 Å². The van der Waals surface area contributed by atoms with Crippen LogP contribution in [0.5, 0.6) is 0 Å². The SMILES string of the molecule is Cc1cc(NC(=O)CCN)ccc1NC(=O)C(C)(C)C. The van der Waals surface area contributed by atoms with Crippen molar-refractivity contribution in [2.45, 2.75) is 34.1 Å². The van der Waals surface area contributed by atoms with Crippen LogP contribution in [-0.4, -0.2) is 18.4 Å². The summed E-state index contributed by atoms with van der Waals surface area (Å²) in [6.45, 7) is 7.79. The number of rotatable bonds is 4. The molecule has 0 aliphatic carbocycles. The molecule has 1 rings (SSSR count). The Morgan fingerprint density at radius 1 is 1.20 bits per heavy atom. The summed E-state index contributed by atoms with van der Waals surface area (Å²) in [7, 11) is 0. The van der Waals surface area contributed by atoms with Crippen LogP contribution >= 0.6 is 0 Å². The van der Waals surface area contributed by atoms with Crippen LogP contribution in [0.4, 0.5) is 11.4 Å². The Morgan fingerprint density at radius 3 is 2.35 bits per heavy atom. The molecule has 0 heterocycles. The van der Waals surface area contributed by atoms with E-state index in [-0.39, 0.29) is 11.8 Å². The van der Waals surface area contributed by atoms with Gasteiger partial charge in [0.15, 0.2) is 0 Å². The highest BCUT2D eigenvalue weighted by Gasteiger charge is 2.21. The lowest BCUT2D eigenvalue weighted by molar-refractivity contribution is -0.123. The molecular formula is C15H23N3O2. The predicted molar refractivity (Wildman–Crippen MR) is 81.6 cm³/mol. The number of benzene rings is 1. The summed E-state index contributed by atoms with van der Waals surface area (Å²) in [4.78, 5) is 23.4. The Hall–Kier alpha value is -1.88. The predicted octanol–water partition coefficient (Wildman–Crippen LogP) is 2.27. The third-order valence-electron chi connectivity index (χ3n) is 2.81. The second-order valence-corrected chi connectivity index (χ2v) is 5.82. The van der Waals surface area contributed by atoms with E-state index >= 15 is 0 Å². The zero-order valence-electron chi connectivity index (χ0n) is 12.5. The Bertz CT molecular complexity index is 504. The zero-order valence-corrected chi connectivity index (χ0v) is 12.5. The Balaban J connectivity index is 2.78. The summed E-state index contributed by atoms with van der Waals surface area (Å²) >= 11 is 0. The molecule has 1 aromatic carbocycles. The molecule has 0 unspecified atom stereocenters. The van der Waals surface area contributed by atoms with E-state index in [0.717, 1.165) is 11.3 Å². The van der Waals surface area contributed by atoms with Crippen LogP contribution in [0.2, 0.25) is 0 Å².